The standard InChI is InChI=1S/C18H20N4O2S/c1-24-15-9-16(20-10-19-15)25-22-18(23)21-17-13-6-2-4-11(13)8-12-5-3-7-14(12)17/h8-10H,2-7H2,1H3,(H2,21,22,23). The van der Waals surface area contributed by atoms with Gasteiger partial charge in [-0.05, 0) is 60.8 Å². The summed E-state index contributed by atoms with van der Waals surface area (Å²) in [7, 11) is 1.55. The highest BCUT2D eigenvalue weighted by molar-refractivity contribution is 7.97. The normalized spacial score (nSPS) is 14.8. The van der Waals surface area contributed by atoms with Crippen LogP contribution in [0.1, 0.15) is 35.1 Å². The predicted octanol–water partition coefficient (Wildman–Crippen LogP) is 3.29. The van der Waals surface area contributed by atoms with Crippen LogP contribution in [0.15, 0.2) is 23.5 Å². The maximum Gasteiger partial charge on any atom is 0.329 e. The number of benzene rings is 1. The van der Waals surface area contributed by atoms with Crippen LogP contribution in [0.5, 0.6) is 5.88 Å². The first kappa shape index (κ1) is 16.2. The number of fused-ring (bicyclic) bond motifs is 2. The molecule has 1 aromatic heterocycles. The fourth-order valence-corrected chi connectivity index (χ4v) is 4.20. The van der Waals surface area contributed by atoms with Crippen molar-refractivity contribution in [3.05, 3.63) is 40.7 Å². The number of hydrogen-bond donors (Lipinski definition) is 2. The lowest BCUT2D eigenvalue weighted by Gasteiger charge is -2.16. The first-order chi connectivity index (χ1) is 12.2. The lowest BCUT2D eigenvalue weighted by molar-refractivity contribution is 0.257. The average Bonchev–Trinajstić information content (AvgIpc) is 3.29. The summed E-state index contributed by atoms with van der Waals surface area (Å²) in [5.41, 5.74) is 6.50. The number of anilines is 1. The largest absolute Gasteiger partial charge is 0.481 e. The number of nitrogens with one attached hydrogen (secondary N) is 2. The van der Waals surface area contributed by atoms with Crippen LogP contribution in [0.25, 0.3) is 0 Å². The van der Waals surface area contributed by atoms with Crippen molar-refractivity contribution < 1.29 is 9.53 Å². The lowest BCUT2D eigenvalue weighted by Crippen LogP contribution is -2.24. The topological polar surface area (TPSA) is 76.1 Å². The maximum atomic E-state index is 12.4. The Morgan fingerprint density at radius 3 is 2.48 bits per heavy atom. The second-order valence-corrected chi connectivity index (χ2v) is 7.12. The number of aryl methyl sites for hydroxylation is 2. The molecule has 2 amide bonds. The van der Waals surface area contributed by atoms with Crippen molar-refractivity contribution in [3.8, 4) is 5.88 Å². The van der Waals surface area contributed by atoms with Crippen LogP contribution >= 0.6 is 11.9 Å². The summed E-state index contributed by atoms with van der Waals surface area (Å²) in [6.07, 6.45) is 8.09. The molecule has 0 unspecified atom stereocenters. The fraction of sp³-hybridized carbons (Fsp3) is 0.389. The fourth-order valence-electron chi connectivity index (χ4n) is 3.70. The van der Waals surface area contributed by atoms with Gasteiger partial charge in [-0.25, -0.2) is 14.8 Å². The minimum absolute atomic E-state index is 0.225. The molecule has 130 valence electrons. The van der Waals surface area contributed by atoms with E-state index >= 15 is 0 Å². The third-order valence-corrected chi connectivity index (χ3v) is 5.51. The molecule has 0 saturated carbocycles. The van der Waals surface area contributed by atoms with Gasteiger partial charge in [0, 0.05) is 23.7 Å². The molecule has 0 atom stereocenters. The molecule has 0 fully saturated rings. The summed E-state index contributed by atoms with van der Waals surface area (Å²) < 4.78 is 7.87. The summed E-state index contributed by atoms with van der Waals surface area (Å²) >= 11 is 1.15. The summed E-state index contributed by atoms with van der Waals surface area (Å²) in [5.74, 6) is 0.471. The molecule has 2 aliphatic rings. The monoisotopic (exact) mass is 356 g/mol. The smallest absolute Gasteiger partial charge is 0.329 e. The Balaban J connectivity index is 1.48. The second-order valence-electron chi connectivity index (χ2n) is 6.29. The minimum Gasteiger partial charge on any atom is -0.481 e. The summed E-state index contributed by atoms with van der Waals surface area (Å²) in [6.45, 7) is 0. The first-order valence-electron chi connectivity index (χ1n) is 8.51. The van der Waals surface area contributed by atoms with E-state index < -0.39 is 0 Å². The molecule has 2 N–H and O–H groups in total. The second kappa shape index (κ2) is 6.92. The number of ether oxygens (including phenoxy) is 1. The number of aromatic nitrogens is 2. The van der Waals surface area contributed by atoms with Gasteiger partial charge in [-0.2, -0.15) is 0 Å². The number of carbonyl (C=O) groups is 1. The van der Waals surface area contributed by atoms with Crippen molar-refractivity contribution in [3.63, 3.8) is 0 Å². The molecule has 0 radical (unpaired) electrons. The Bertz CT molecular complexity index is 793. The predicted molar refractivity (Wildman–Crippen MR) is 97.1 cm³/mol. The van der Waals surface area contributed by atoms with E-state index in [2.05, 4.69) is 26.1 Å². The molecular weight excluding hydrogens is 336 g/mol. The third kappa shape index (κ3) is 3.28. The zero-order valence-electron chi connectivity index (χ0n) is 14.1. The van der Waals surface area contributed by atoms with Gasteiger partial charge in [0.2, 0.25) is 5.88 Å². The third-order valence-electron chi connectivity index (χ3n) is 4.79. The van der Waals surface area contributed by atoms with Crippen molar-refractivity contribution >= 4 is 23.7 Å². The zero-order valence-corrected chi connectivity index (χ0v) is 14.9. The van der Waals surface area contributed by atoms with Gasteiger partial charge in [-0.1, -0.05) is 6.07 Å². The molecule has 25 heavy (non-hydrogen) atoms. The Morgan fingerprint density at radius 1 is 1.08 bits per heavy atom. The van der Waals surface area contributed by atoms with E-state index in [0.29, 0.717) is 10.9 Å². The van der Waals surface area contributed by atoms with Crippen molar-refractivity contribution in [2.45, 2.75) is 43.6 Å². The molecule has 0 aliphatic heterocycles. The highest BCUT2D eigenvalue weighted by Gasteiger charge is 2.24. The quantitative estimate of drug-likeness (QED) is 0.649. The van der Waals surface area contributed by atoms with Crippen LogP contribution in [0.2, 0.25) is 0 Å². The number of hydrogen-bond acceptors (Lipinski definition) is 5. The number of methoxy groups -OCH3 is 1. The number of urea groups is 1. The van der Waals surface area contributed by atoms with Crippen molar-refractivity contribution in [2.24, 2.45) is 0 Å². The van der Waals surface area contributed by atoms with Crippen molar-refractivity contribution in [1.29, 1.82) is 0 Å². The van der Waals surface area contributed by atoms with Gasteiger partial charge >= 0.3 is 6.03 Å². The maximum absolute atomic E-state index is 12.4. The summed E-state index contributed by atoms with van der Waals surface area (Å²) in [4.78, 5) is 20.5. The van der Waals surface area contributed by atoms with Crippen LogP contribution < -0.4 is 14.8 Å². The Labute approximate surface area is 150 Å². The minimum atomic E-state index is -0.225. The molecule has 4 rings (SSSR count). The van der Waals surface area contributed by atoms with Gasteiger partial charge in [0.15, 0.2) is 0 Å². The number of nitrogens with zero attached hydrogens (tertiary/aromatic N) is 2. The van der Waals surface area contributed by atoms with Gasteiger partial charge in [-0.15, -0.1) is 0 Å². The van der Waals surface area contributed by atoms with Gasteiger partial charge in [0.25, 0.3) is 0 Å². The lowest BCUT2D eigenvalue weighted by atomic mass is 9.99. The zero-order chi connectivity index (χ0) is 17.2. The van der Waals surface area contributed by atoms with E-state index in [1.54, 1.807) is 13.2 Å². The van der Waals surface area contributed by atoms with E-state index in [1.165, 1.54) is 41.4 Å². The molecule has 1 heterocycles. The highest BCUT2D eigenvalue weighted by atomic mass is 32.2. The van der Waals surface area contributed by atoms with Gasteiger partial charge < -0.3 is 10.1 Å². The number of rotatable bonds is 4. The van der Waals surface area contributed by atoms with Crippen LogP contribution in [-0.4, -0.2) is 23.1 Å². The number of carbonyl (C=O) groups excluding carboxylic acids is 1. The number of amides is 2. The SMILES string of the molecule is COc1cc(SNC(=O)Nc2c3c(cc4c2CCC4)CCC3)ncn1. The summed E-state index contributed by atoms with van der Waals surface area (Å²) in [6, 6.07) is 3.82. The highest BCUT2D eigenvalue weighted by Crippen LogP contribution is 2.38. The molecule has 6 nitrogen and oxygen atoms in total. The summed E-state index contributed by atoms with van der Waals surface area (Å²) in [5, 5.41) is 3.73. The van der Waals surface area contributed by atoms with Crippen molar-refractivity contribution in [2.75, 3.05) is 12.4 Å². The molecule has 2 aliphatic carbocycles. The molecule has 1 aromatic carbocycles. The molecular formula is C18H20N4O2S. The first-order valence-corrected chi connectivity index (χ1v) is 9.32. The van der Waals surface area contributed by atoms with E-state index in [-0.39, 0.29) is 6.03 Å². The molecule has 2 aromatic rings. The molecule has 7 heteroatoms. The van der Waals surface area contributed by atoms with Gasteiger partial charge in [0.05, 0.1) is 7.11 Å². The van der Waals surface area contributed by atoms with E-state index in [4.69, 9.17) is 4.74 Å². The van der Waals surface area contributed by atoms with Gasteiger partial charge in [0.1, 0.15) is 11.4 Å². The molecule has 0 spiro atoms. The van der Waals surface area contributed by atoms with Crippen LogP contribution in [-0.2, 0) is 25.7 Å². The van der Waals surface area contributed by atoms with Crippen LogP contribution in [0.4, 0.5) is 10.5 Å². The van der Waals surface area contributed by atoms with E-state index in [1.807, 2.05) is 0 Å². The van der Waals surface area contributed by atoms with Gasteiger partial charge in [-0.3, -0.25) is 4.72 Å². The van der Waals surface area contributed by atoms with E-state index in [0.717, 1.165) is 43.3 Å². The van der Waals surface area contributed by atoms with E-state index in [9.17, 15) is 4.79 Å². The average molecular weight is 356 g/mol. The Hall–Kier alpha value is -2.28. The van der Waals surface area contributed by atoms with Crippen molar-refractivity contribution in [1.82, 2.24) is 14.7 Å². The molecule has 0 bridgehead atoms. The van der Waals surface area contributed by atoms with Crippen LogP contribution in [0.3, 0.4) is 0 Å². The van der Waals surface area contributed by atoms with Crippen LogP contribution in [0, 0.1) is 0 Å². The molecule has 0 saturated heterocycles. The Kier molecular flexibility index (Phi) is 4.48. The Morgan fingerprint density at radius 2 is 1.80 bits per heavy atom.